The molecule has 0 spiro atoms. The molecule has 1 aliphatic heterocycles. The Kier molecular flexibility index (Phi) is 6.46. The number of carboxylic acids is 1. The lowest BCUT2D eigenvalue weighted by Gasteiger charge is -2.25. The molecule has 0 radical (unpaired) electrons. The highest BCUT2D eigenvalue weighted by Crippen LogP contribution is 2.40. The summed E-state index contributed by atoms with van der Waals surface area (Å²) in [6.07, 6.45) is 1.69. The first-order valence-corrected chi connectivity index (χ1v) is 11.7. The minimum Gasteiger partial charge on any atom is -0.478 e. The third-order valence-electron chi connectivity index (χ3n) is 5.91. The number of carbonyl (C=O) groups excluding carboxylic acids is 1. The van der Waals surface area contributed by atoms with Crippen molar-refractivity contribution >= 4 is 34.9 Å². The molecule has 1 amide bonds. The van der Waals surface area contributed by atoms with Crippen LogP contribution in [0.4, 0.5) is 5.69 Å². The highest BCUT2D eigenvalue weighted by Gasteiger charge is 2.42. The molecule has 1 fully saturated rings. The quantitative estimate of drug-likeness (QED) is 0.316. The molecule has 2 aromatic heterocycles. The summed E-state index contributed by atoms with van der Waals surface area (Å²) in [4.78, 5) is 30.9. The molecule has 0 aliphatic carbocycles. The first kappa shape index (κ1) is 23.3. The number of nitrogens with one attached hydrogen (secondary N) is 2. The number of rotatable bonds is 7. The monoisotopic (exact) mass is 498 g/mol. The fourth-order valence-electron chi connectivity index (χ4n) is 4.30. The van der Waals surface area contributed by atoms with E-state index >= 15 is 0 Å². The molecule has 1 aliphatic rings. The van der Waals surface area contributed by atoms with Gasteiger partial charge in [0.1, 0.15) is 24.1 Å². The van der Waals surface area contributed by atoms with Gasteiger partial charge in [-0.15, -0.1) is 0 Å². The number of furan rings is 1. The zero-order valence-electron chi connectivity index (χ0n) is 19.0. The Morgan fingerprint density at radius 1 is 1.00 bits per heavy atom. The van der Waals surface area contributed by atoms with Gasteiger partial charge in [0.05, 0.1) is 17.3 Å². The van der Waals surface area contributed by atoms with Crippen molar-refractivity contribution in [2.24, 2.45) is 0 Å². The second kappa shape index (κ2) is 10.0. The van der Waals surface area contributed by atoms with Gasteiger partial charge in [-0.1, -0.05) is 42.5 Å². The molecule has 180 valence electrons. The normalized spacial score (nSPS) is 17.0. The third-order valence-corrected chi connectivity index (χ3v) is 6.26. The largest absolute Gasteiger partial charge is 0.478 e. The highest BCUT2D eigenvalue weighted by molar-refractivity contribution is 7.80. The van der Waals surface area contributed by atoms with Crippen molar-refractivity contribution in [1.82, 2.24) is 15.2 Å². The number of pyridine rings is 1. The number of hydrogen-bond acceptors (Lipinski definition) is 5. The number of carbonyl (C=O) groups is 2. The molecule has 3 heterocycles. The molecule has 2 aromatic carbocycles. The van der Waals surface area contributed by atoms with E-state index in [1.54, 1.807) is 41.4 Å². The molecule has 8 nitrogen and oxygen atoms in total. The van der Waals surface area contributed by atoms with Crippen LogP contribution in [0.1, 0.15) is 33.9 Å². The van der Waals surface area contributed by atoms with Gasteiger partial charge in [-0.25, -0.2) is 4.79 Å². The predicted octanol–water partition coefficient (Wildman–Crippen LogP) is 4.65. The van der Waals surface area contributed by atoms with Gasteiger partial charge in [0, 0.05) is 17.4 Å². The minimum atomic E-state index is -1.04. The Morgan fingerprint density at radius 3 is 2.50 bits per heavy atom. The van der Waals surface area contributed by atoms with E-state index in [1.165, 1.54) is 6.07 Å². The molecule has 2 atom stereocenters. The van der Waals surface area contributed by atoms with Gasteiger partial charge in [0.15, 0.2) is 5.11 Å². The maximum absolute atomic E-state index is 12.9. The molecular formula is C27H22N4O4S. The average Bonchev–Trinajstić information content (AvgIpc) is 3.50. The number of amides is 1. The van der Waals surface area contributed by atoms with Crippen LogP contribution in [0.25, 0.3) is 11.3 Å². The lowest BCUT2D eigenvalue weighted by molar-refractivity contribution is -0.116. The molecule has 0 bridgehead atoms. The van der Waals surface area contributed by atoms with E-state index in [0.29, 0.717) is 27.9 Å². The zero-order valence-corrected chi connectivity index (χ0v) is 19.8. The Labute approximate surface area is 212 Å². The number of aromatic nitrogens is 1. The number of nitrogens with zero attached hydrogens (tertiary/aromatic N) is 2. The van der Waals surface area contributed by atoms with Crippen molar-refractivity contribution < 1.29 is 19.1 Å². The van der Waals surface area contributed by atoms with E-state index in [1.807, 2.05) is 48.5 Å². The molecule has 3 N–H and O–H groups in total. The second-order valence-corrected chi connectivity index (χ2v) is 8.61. The Morgan fingerprint density at radius 2 is 1.75 bits per heavy atom. The van der Waals surface area contributed by atoms with E-state index in [4.69, 9.17) is 16.6 Å². The third kappa shape index (κ3) is 4.69. The summed E-state index contributed by atoms with van der Waals surface area (Å²) in [6.45, 7) is -0.0174. The number of benzene rings is 2. The number of thiocarbonyl (C=S) groups is 1. The molecule has 0 saturated carbocycles. The average molecular weight is 499 g/mol. The molecule has 0 unspecified atom stereocenters. The van der Waals surface area contributed by atoms with E-state index in [2.05, 4.69) is 15.6 Å². The van der Waals surface area contributed by atoms with Crippen molar-refractivity contribution in [3.05, 3.63) is 108 Å². The SMILES string of the molecule is O=C(CN1C(=S)N[C@@H](c2ccccn2)[C@@H]1c1ccc(-c2ccccc2C(=O)O)o1)Nc1ccccc1. The summed E-state index contributed by atoms with van der Waals surface area (Å²) in [7, 11) is 0. The fraction of sp³-hybridized carbons (Fsp3) is 0.111. The predicted molar refractivity (Wildman–Crippen MR) is 138 cm³/mol. The van der Waals surface area contributed by atoms with Gasteiger partial charge in [-0.2, -0.15) is 0 Å². The van der Waals surface area contributed by atoms with E-state index in [9.17, 15) is 14.7 Å². The van der Waals surface area contributed by atoms with Crippen LogP contribution < -0.4 is 10.6 Å². The second-order valence-electron chi connectivity index (χ2n) is 8.22. The molecule has 4 aromatic rings. The van der Waals surface area contributed by atoms with Gasteiger partial charge in [-0.05, 0) is 54.7 Å². The van der Waals surface area contributed by atoms with Crippen LogP contribution in [-0.4, -0.2) is 38.5 Å². The van der Waals surface area contributed by atoms with Gasteiger partial charge in [0.2, 0.25) is 5.91 Å². The van der Waals surface area contributed by atoms with Crippen LogP contribution in [0.2, 0.25) is 0 Å². The van der Waals surface area contributed by atoms with Gasteiger partial charge in [0.25, 0.3) is 0 Å². The lowest BCUT2D eigenvalue weighted by Crippen LogP contribution is -2.36. The topological polar surface area (TPSA) is 108 Å². The van der Waals surface area contributed by atoms with Crippen molar-refractivity contribution in [1.29, 1.82) is 0 Å². The van der Waals surface area contributed by atoms with Crippen LogP contribution in [0, 0.1) is 0 Å². The molecule has 36 heavy (non-hydrogen) atoms. The van der Waals surface area contributed by atoms with Crippen LogP contribution in [0.3, 0.4) is 0 Å². The number of hydrogen-bond donors (Lipinski definition) is 3. The van der Waals surface area contributed by atoms with Gasteiger partial charge in [-0.3, -0.25) is 9.78 Å². The standard InChI is InChI=1S/C27H22N4O4S/c32-23(29-17-8-2-1-3-9-17)16-31-25(24(30-27(31)36)20-12-6-7-15-28-20)22-14-13-21(35-22)18-10-4-5-11-19(18)26(33)34/h1-15,24-25H,16H2,(H,29,32)(H,30,36)(H,33,34)/t24-,25-/m0/s1. The number of anilines is 1. The summed E-state index contributed by atoms with van der Waals surface area (Å²) in [5.41, 5.74) is 2.02. The minimum absolute atomic E-state index is 0.0174. The van der Waals surface area contributed by atoms with Crippen LogP contribution in [-0.2, 0) is 4.79 Å². The maximum atomic E-state index is 12.9. The van der Waals surface area contributed by atoms with E-state index < -0.39 is 12.0 Å². The maximum Gasteiger partial charge on any atom is 0.336 e. The first-order valence-electron chi connectivity index (χ1n) is 11.3. The number of carboxylic acid groups (broad SMARTS) is 1. The lowest BCUT2D eigenvalue weighted by atomic mass is 10.0. The first-order chi connectivity index (χ1) is 17.5. The van der Waals surface area contributed by atoms with Crippen LogP contribution in [0.15, 0.2) is 95.5 Å². The Bertz CT molecular complexity index is 1410. The summed E-state index contributed by atoms with van der Waals surface area (Å²) in [6, 6.07) is 24.1. The van der Waals surface area contributed by atoms with E-state index in [-0.39, 0.29) is 24.1 Å². The number of para-hydroxylation sites is 1. The van der Waals surface area contributed by atoms with Gasteiger partial charge < -0.3 is 25.1 Å². The Balaban J connectivity index is 1.49. The fourth-order valence-corrected chi connectivity index (χ4v) is 4.61. The summed E-state index contributed by atoms with van der Waals surface area (Å²) < 4.78 is 6.21. The van der Waals surface area contributed by atoms with E-state index in [0.717, 1.165) is 5.69 Å². The summed E-state index contributed by atoms with van der Waals surface area (Å²) in [5, 5.41) is 16.2. The van der Waals surface area contributed by atoms with Gasteiger partial charge >= 0.3 is 5.97 Å². The van der Waals surface area contributed by atoms with Crippen molar-refractivity contribution in [3.63, 3.8) is 0 Å². The summed E-state index contributed by atoms with van der Waals surface area (Å²) in [5.74, 6) is -0.340. The van der Waals surface area contributed by atoms with Crippen LogP contribution >= 0.6 is 12.2 Å². The van der Waals surface area contributed by atoms with Crippen molar-refractivity contribution in [3.8, 4) is 11.3 Å². The van der Waals surface area contributed by atoms with Crippen molar-refractivity contribution in [2.75, 3.05) is 11.9 Å². The van der Waals surface area contributed by atoms with Crippen molar-refractivity contribution in [2.45, 2.75) is 12.1 Å². The smallest absolute Gasteiger partial charge is 0.336 e. The zero-order chi connectivity index (χ0) is 25.1. The Hall–Kier alpha value is -4.50. The van der Waals surface area contributed by atoms with Crippen LogP contribution in [0.5, 0.6) is 0 Å². The molecule has 5 rings (SSSR count). The summed E-state index contributed by atoms with van der Waals surface area (Å²) >= 11 is 5.62. The highest BCUT2D eigenvalue weighted by atomic mass is 32.1. The number of aromatic carboxylic acids is 1. The molecule has 9 heteroatoms. The molecular weight excluding hydrogens is 476 g/mol. The molecule has 1 saturated heterocycles.